The van der Waals surface area contributed by atoms with E-state index >= 15 is 0 Å². The Morgan fingerprint density at radius 3 is 2.39 bits per heavy atom. The SMILES string of the molecule is Cc1sc2ncn(CC(=O)Nc3ccc(S(=O)(=O)N(C)C)cc3)c(=O)c2c1-c1ccccc1. The van der Waals surface area contributed by atoms with E-state index in [0.29, 0.717) is 15.9 Å². The van der Waals surface area contributed by atoms with Gasteiger partial charge in [0.05, 0.1) is 16.6 Å². The minimum atomic E-state index is -3.55. The van der Waals surface area contributed by atoms with Crippen molar-refractivity contribution in [1.29, 1.82) is 0 Å². The van der Waals surface area contributed by atoms with Gasteiger partial charge in [-0.2, -0.15) is 0 Å². The fourth-order valence-electron chi connectivity index (χ4n) is 3.48. The molecule has 0 aliphatic carbocycles. The van der Waals surface area contributed by atoms with Crippen molar-refractivity contribution >= 4 is 43.2 Å². The highest BCUT2D eigenvalue weighted by molar-refractivity contribution is 7.89. The highest BCUT2D eigenvalue weighted by Gasteiger charge is 2.19. The summed E-state index contributed by atoms with van der Waals surface area (Å²) in [6.07, 6.45) is 1.38. The Morgan fingerprint density at radius 2 is 1.76 bits per heavy atom. The van der Waals surface area contributed by atoms with Crippen molar-refractivity contribution in [2.45, 2.75) is 18.4 Å². The first kappa shape index (κ1) is 22.8. The number of sulfonamides is 1. The Balaban J connectivity index is 1.59. The number of anilines is 1. The van der Waals surface area contributed by atoms with Crippen LogP contribution in [-0.4, -0.2) is 42.3 Å². The van der Waals surface area contributed by atoms with E-state index in [1.807, 2.05) is 37.3 Å². The number of benzene rings is 2. The van der Waals surface area contributed by atoms with Crippen LogP contribution in [-0.2, 0) is 21.4 Å². The van der Waals surface area contributed by atoms with Crippen molar-refractivity contribution in [3.05, 3.63) is 76.2 Å². The van der Waals surface area contributed by atoms with Crippen LogP contribution in [0.4, 0.5) is 5.69 Å². The third-order valence-corrected chi connectivity index (χ3v) is 7.99. The van der Waals surface area contributed by atoms with Gasteiger partial charge in [0, 0.05) is 30.2 Å². The molecule has 0 fully saturated rings. The van der Waals surface area contributed by atoms with Crippen molar-refractivity contribution in [3.63, 3.8) is 0 Å². The first-order valence-corrected chi connectivity index (χ1v) is 12.3. The highest BCUT2D eigenvalue weighted by Crippen LogP contribution is 2.35. The lowest BCUT2D eigenvalue weighted by Crippen LogP contribution is -2.27. The summed E-state index contributed by atoms with van der Waals surface area (Å²) >= 11 is 1.45. The van der Waals surface area contributed by atoms with Gasteiger partial charge in [-0.1, -0.05) is 30.3 Å². The number of rotatable bonds is 6. The molecule has 8 nitrogen and oxygen atoms in total. The number of thiophene rings is 1. The van der Waals surface area contributed by atoms with Crippen LogP contribution in [0.25, 0.3) is 21.3 Å². The Labute approximate surface area is 195 Å². The topological polar surface area (TPSA) is 101 Å². The normalized spacial score (nSPS) is 11.8. The summed E-state index contributed by atoms with van der Waals surface area (Å²) in [7, 11) is -0.654. The third kappa shape index (κ3) is 4.45. The van der Waals surface area contributed by atoms with Gasteiger partial charge in [-0.3, -0.25) is 14.2 Å². The number of aryl methyl sites for hydroxylation is 1. The van der Waals surface area contributed by atoms with Crippen LogP contribution in [0.1, 0.15) is 4.88 Å². The number of carbonyl (C=O) groups is 1. The molecular weight excluding hydrogens is 460 g/mol. The molecule has 0 saturated heterocycles. The smallest absolute Gasteiger partial charge is 0.263 e. The Hall–Kier alpha value is -3.34. The quantitative estimate of drug-likeness (QED) is 0.454. The summed E-state index contributed by atoms with van der Waals surface area (Å²) in [4.78, 5) is 31.9. The predicted molar refractivity (Wildman–Crippen MR) is 130 cm³/mol. The lowest BCUT2D eigenvalue weighted by Gasteiger charge is -2.12. The number of fused-ring (bicyclic) bond motifs is 1. The van der Waals surface area contributed by atoms with Crippen molar-refractivity contribution in [3.8, 4) is 11.1 Å². The number of amides is 1. The average molecular weight is 483 g/mol. The maximum Gasteiger partial charge on any atom is 0.263 e. The minimum Gasteiger partial charge on any atom is -0.325 e. The Morgan fingerprint density at radius 1 is 1.09 bits per heavy atom. The van der Waals surface area contributed by atoms with Crippen LogP contribution in [0, 0.1) is 6.92 Å². The molecule has 2 heterocycles. The molecule has 2 aromatic heterocycles. The fourth-order valence-corrected chi connectivity index (χ4v) is 5.38. The largest absolute Gasteiger partial charge is 0.325 e. The standard InChI is InChI=1S/C23H22N4O4S2/c1-15-20(16-7-5-4-6-8-16)21-22(32-15)24-14-27(23(21)29)13-19(28)25-17-9-11-18(12-10-17)33(30,31)26(2)3/h4-12,14H,13H2,1-3H3,(H,25,28). The van der Waals surface area contributed by atoms with Gasteiger partial charge in [0.1, 0.15) is 11.4 Å². The zero-order valence-electron chi connectivity index (χ0n) is 18.3. The summed E-state index contributed by atoms with van der Waals surface area (Å²) in [5, 5.41) is 3.19. The van der Waals surface area contributed by atoms with Gasteiger partial charge in [0.25, 0.3) is 5.56 Å². The number of nitrogens with one attached hydrogen (secondary N) is 1. The maximum absolute atomic E-state index is 13.2. The molecule has 4 rings (SSSR count). The number of aromatic nitrogens is 2. The van der Waals surface area contributed by atoms with Crippen LogP contribution in [0.3, 0.4) is 0 Å². The molecule has 0 unspecified atom stereocenters. The zero-order chi connectivity index (χ0) is 23.8. The first-order valence-electron chi connectivity index (χ1n) is 10.0. The van der Waals surface area contributed by atoms with Crippen molar-refractivity contribution in [2.24, 2.45) is 0 Å². The monoisotopic (exact) mass is 482 g/mol. The Kier molecular flexibility index (Phi) is 6.15. The van der Waals surface area contributed by atoms with Crippen molar-refractivity contribution in [1.82, 2.24) is 13.9 Å². The summed E-state index contributed by atoms with van der Waals surface area (Å²) < 4.78 is 26.8. The van der Waals surface area contributed by atoms with Crippen molar-refractivity contribution < 1.29 is 13.2 Å². The van der Waals surface area contributed by atoms with Crippen LogP contribution >= 0.6 is 11.3 Å². The van der Waals surface area contributed by atoms with Gasteiger partial charge >= 0.3 is 0 Å². The number of hydrogen-bond donors (Lipinski definition) is 1. The van der Waals surface area contributed by atoms with E-state index < -0.39 is 15.9 Å². The van der Waals surface area contributed by atoms with Crippen LogP contribution in [0.5, 0.6) is 0 Å². The van der Waals surface area contributed by atoms with E-state index in [2.05, 4.69) is 10.3 Å². The summed E-state index contributed by atoms with van der Waals surface area (Å²) in [5.41, 5.74) is 1.90. The summed E-state index contributed by atoms with van der Waals surface area (Å²) in [5.74, 6) is -0.422. The molecule has 4 aromatic rings. The molecule has 0 aliphatic heterocycles. The van der Waals surface area contributed by atoms with E-state index in [1.54, 1.807) is 0 Å². The number of hydrogen-bond acceptors (Lipinski definition) is 6. The molecule has 1 N–H and O–H groups in total. The molecule has 2 aromatic carbocycles. The molecule has 0 radical (unpaired) electrons. The van der Waals surface area contributed by atoms with Gasteiger partial charge < -0.3 is 5.32 Å². The molecule has 10 heteroatoms. The zero-order valence-corrected chi connectivity index (χ0v) is 19.9. The lowest BCUT2D eigenvalue weighted by atomic mass is 10.0. The summed E-state index contributed by atoms with van der Waals surface area (Å²) in [6.45, 7) is 1.73. The van der Waals surface area contributed by atoms with Crippen molar-refractivity contribution in [2.75, 3.05) is 19.4 Å². The second-order valence-corrected chi connectivity index (χ2v) is 11.0. The first-order chi connectivity index (χ1) is 15.7. The molecule has 0 aliphatic rings. The minimum absolute atomic E-state index is 0.123. The van der Waals surface area contributed by atoms with E-state index in [1.165, 1.54) is 60.6 Å². The van der Waals surface area contributed by atoms with Gasteiger partial charge in [-0.15, -0.1) is 11.3 Å². The van der Waals surface area contributed by atoms with Gasteiger partial charge in [0.15, 0.2) is 0 Å². The van der Waals surface area contributed by atoms with Gasteiger partial charge in [-0.05, 0) is 36.8 Å². The van der Waals surface area contributed by atoms with E-state index in [-0.39, 0.29) is 17.0 Å². The van der Waals surface area contributed by atoms with E-state index in [4.69, 9.17) is 0 Å². The predicted octanol–water partition coefficient (Wildman–Crippen LogP) is 3.32. The molecule has 0 bridgehead atoms. The lowest BCUT2D eigenvalue weighted by molar-refractivity contribution is -0.116. The molecule has 0 spiro atoms. The van der Waals surface area contributed by atoms with E-state index in [9.17, 15) is 18.0 Å². The van der Waals surface area contributed by atoms with Crippen LogP contribution in [0.2, 0.25) is 0 Å². The molecule has 170 valence electrons. The maximum atomic E-state index is 13.2. The van der Waals surface area contributed by atoms with Crippen LogP contribution < -0.4 is 10.9 Å². The van der Waals surface area contributed by atoms with E-state index in [0.717, 1.165) is 20.3 Å². The van der Waals surface area contributed by atoms with Gasteiger partial charge in [0.2, 0.25) is 15.9 Å². The number of carbonyl (C=O) groups excluding carboxylic acids is 1. The fraction of sp³-hybridized carbons (Fsp3) is 0.174. The second-order valence-electron chi connectivity index (χ2n) is 7.62. The van der Waals surface area contributed by atoms with Crippen LogP contribution in [0.15, 0.2) is 70.6 Å². The molecule has 0 atom stereocenters. The highest BCUT2D eigenvalue weighted by atomic mass is 32.2. The molecule has 0 saturated carbocycles. The van der Waals surface area contributed by atoms with Gasteiger partial charge in [-0.25, -0.2) is 17.7 Å². The second kappa shape index (κ2) is 8.89. The Bertz CT molecular complexity index is 1490. The molecule has 33 heavy (non-hydrogen) atoms. The summed E-state index contributed by atoms with van der Waals surface area (Å²) in [6, 6.07) is 15.5. The molecule has 1 amide bonds. The average Bonchev–Trinajstić information content (AvgIpc) is 3.13. The number of nitrogens with zero attached hydrogens (tertiary/aromatic N) is 3. The third-order valence-electron chi connectivity index (χ3n) is 5.15. The molecular formula is C23H22N4O4S2.